The summed E-state index contributed by atoms with van der Waals surface area (Å²) in [5.74, 6) is 1.79. The van der Waals surface area contributed by atoms with Gasteiger partial charge in [-0.25, -0.2) is 4.68 Å². The smallest absolute Gasteiger partial charge is 0.226 e. The zero-order valence-electron chi connectivity index (χ0n) is 15.8. The normalized spacial score (nSPS) is 15.7. The van der Waals surface area contributed by atoms with E-state index in [2.05, 4.69) is 10.4 Å². The molecule has 144 valence electrons. The summed E-state index contributed by atoms with van der Waals surface area (Å²) in [4.78, 5) is 12.5. The predicted molar refractivity (Wildman–Crippen MR) is 108 cm³/mol. The monoisotopic (exact) mass is 397 g/mol. The quantitative estimate of drug-likeness (QED) is 0.711. The molecule has 0 bridgehead atoms. The average Bonchev–Trinajstić information content (AvgIpc) is 3.12. The number of carbonyl (C=O) groups is 1. The first-order chi connectivity index (χ1) is 13.5. The highest BCUT2D eigenvalue weighted by Crippen LogP contribution is 2.42. The van der Waals surface area contributed by atoms with E-state index >= 15 is 0 Å². The van der Waals surface area contributed by atoms with Crippen molar-refractivity contribution in [2.75, 3.05) is 19.5 Å². The van der Waals surface area contributed by atoms with Gasteiger partial charge in [0.05, 0.1) is 26.1 Å². The van der Waals surface area contributed by atoms with E-state index in [0.29, 0.717) is 28.8 Å². The van der Waals surface area contributed by atoms with Crippen molar-refractivity contribution in [1.29, 1.82) is 0 Å². The van der Waals surface area contributed by atoms with Gasteiger partial charge < -0.3 is 14.8 Å². The molecule has 0 saturated heterocycles. The van der Waals surface area contributed by atoms with E-state index in [-0.39, 0.29) is 11.8 Å². The Labute approximate surface area is 168 Å². The van der Waals surface area contributed by atoms with Crippen LogP contribution in [0.3, 0.4) is 0 Å². The lowest BCUT2D eigenvalue weighted by molar-refractivity contribution is -0.116. The molecule has 1 aliphatic heterocycles. The van der Waals surface area contributed by atoms with E-state index in [4.69, 9.17) is 21.1 Å². The van der Waals surface area contributed by atoms with Crippen molar-refractivity contribution in [3.63, 3.8) is 0 Å². The summed E-state index contributed by atoms with van der Waals surface area (Å²) >= 11 is 6.28. The molecule has 0 saturated carbocycles. The Morgan fingerprint density at radius 2 is 2.00 bits per heavy atom. The van der Waals surface area contributed by atoms with Crippen LogP contribution in [0.5, 0.6) is 11.5 Å². The number of fused-ring (bicyclic) bond motifs is 1. The van der Waals surface area contributed by atoms with Gasteiger partial charge in [0, 0.05) is 34.6 Å². The van der Waals surface area contributed by atoms with Crippen molar-refractivity contribution in [3.05, 3.63) is 64.3 Å². The van der Waals surface area contributed by atoms with Crippen LogP contribution in [0.4, 0.5) is 5.82 Å². The zero-order chi connectivity index (χ0) is 19.8. The first-order valence-corrected chi connectivity index (χ1v) is 9.26. The minimum absolute atomic E-state index is 0.0724. The number of halogens is 1. The van der Waals surface area contributed by atoms with Crippen molar-refractivity contribution < 1.29 is 14.3 Å². The number of carbonyl (C=O) groups excluding carboxylic acids is 1. The molecule has 7 heteroatoms. The highest BCUT2D eigenvalue weighted by molar-refractivity contribution is 6.31. The Morgan fingerprint density at radius 1 is 1.18 bits per heavy atom. The van der Waals surface area contributed by atoms with Crippen molar-refractivity contribution in [2.45, 2.75) is 19.3 Å². The third-order valence-corrected chi connectivity index (χ3v) is 5.51. The van der Waals surface area contributed by atoms with Gasteiger partial charge in [-0.3, -0.25) is 4.79 Å². The van der Waals surface area contributed by atoms with Crippen LogP contribution in [0.15, 0.2) is 42.6 Å². The van der Waals surface area contributed by atoms with Crippen LogP contribution >= 0.6 is 11.6 Å². The highest BCUT2D eigenvalue weighted by Gasteiger charge is 2.32. The molecule has 2 heterocycles. The van der Waals surface area contributed by atoms with Crippen LogP contribution in [0.1, 0.15) is 29.0 Å². The third kappa shape index (κ3) is 2.99. The van der Waals surface area contributed by atoms with Gasteiger partial charge in [-0.15, -0.1) is 0 Å². The number of nitrogens with one attached hydrogen (secondary N) is 1. The molecule has 1 atom stereocenters. The number of rotatable bonds is 4. The van der Waals surface area contributed by atoms with Gasteiger partial charge in [-0.05, 0) is 30.7 Å². The van der Waals surface area contributed by atoms with Gasteiger partial charge in [0.25, 0.3) is 0 Å². The van der Waals surface area contributed by atoms with Crippen LogP contribution in [-0.2, 0) is 4.79 Å². The number of nitrogens with zero attached hydrogens (tertiary/aromatic N) is 2. The van der Waals surface area contributed by atoms with Crippen LogP contribution in [-0.4, -0.2) is 29.9 Å². The number of ether oxygens (including phenoxy) is 2. The van der Waals surface area contributed by atoms with Gasteiger partial charge in [-0.2, -0.15) is 5.10 Å². The molecule has 1 aliphatic rings. The topological polar surface area (TPSA) is 65.4 Å². The summed E-state index contributed by atoms with van der Waals surface area (Å²) in [6.45, 7) is 1.93. The molecule has 6 nitrogen and oxygen atoms in total. The summed E-state index contributed by atoms with van der Waals surface area (Å²) in [5, 5.41) is 8.16. The van der Waals surface area contributed by atoms with Crippen molar-refractivity contribution in [2.24, 2.45) is 0 Å². The fraction of sp³-hybridized carbons (Fsp3) is 0.238. The van der Waals surface area contributed by atoms with Crippen LogP contribution in [0, 0.1) is 6.92 Å². The van der Waals surface area contributed by atoms with Crippen molar-refractivity contribution in [3.8, 4) is 17.2 Å². The number of aromatic nitrogens is 2. The number of hydrogen-bond donors (Lipinski definition) is 1. The standard InChI is InChI=1S/C21H20ClN3O3/c1-12-17(22)5-4-6-18(12)25-21-16(11-23-25)15(10-20(26)24-21)14-8-7-13(27-2)9-19(14)28-3/h4-9,11,15H,10H2,1-3H3,(H,24,26)/t15-/m1/s1. The maximum atomic E-state index is 12.5. The van der Waals surface area contributed by atoms with Crippen LogP contribution in [0.2, 0.25) is 5.02 Å². The summed E-state index contributed by atoms with van der Waals surface area (Å²) in [7, 11) is 3.22. The van der Waals surface area contributed by atoms with E-state index < -0.39 is 0 Å². The molecular weight excluding hydrogens is 378 g/mol. The van der Waals surface area contributed by atoms with Crippen molar-refractivity contribution >= 4 is 23.3 Å². The second-order valence-electron chi connectivity index (χ2n) is 6.66. The second-order valence-corrected chi connectivity index (χ2v) is 7.06. The molecule has 0 radical (unpaired) electrons. The summed E-state index contributed by atoms with van der Waals surface area (Å²) in [6.07, 6.45) is 2.11. The average molecular weight is 398 g/mol. The molecule has 0 fully saturated rings. The third-order valence-electron chi connectivity index (χ3n) is 5.10. The molecule has 4 rings (SSSR count). The Balaban J connectivity index is 1.85. The SMILES string of the molecule is COc1ccc([C@H]2CC(=O)Nc3c2cnn3-c2cccc(Cl)c2C)c(OC)c1. The van der Waals surface area contributed by atoms with E-state index in [1.165, 1.54) is 0 Å². The Morgan fingerprint density at radius 3 is 2.75 bits per heavy atom. The predicted octanol–water partition coefficient (Wildman–Crippen LogP) is 4.33. The Kier molecular flexibility index (Phi) is 4.73. The number of anilines is 1. The van der Waals surface area contributed by atoms with E-state index in [0.717, 1.165) is 22.4 Å². The molecule has 2 aromatic carbocycles. The first-order valence-electron chi connectivity index (χ1n) is 8.88. The molecule has 0 unspecified atom stereocenters. The second kappa shape index (κ2) is 7.20. The molecule has 3 aromatic rings. The van der Waals surface area contributed by atoms with Crippen molar-refractivity contribution in [1.82, 2.24) is 9.78 Å². The minimum Gasteiger partial charge on any atom is -0.497 e. The summed E-state index contributed by atoms with van der Waals surface area (Å²) in [5.41, 5.74) is 3.58. The van der Waals surface area contributed by atoms with Gasteiger partial charge in [0.15, 0.2) is 0 Å². The largest absolute Gasteiger partial charge is 0.497 e. The zero-order valence-corrected chi connectivity index (χ0v) is 16.6. The summed E-state index contributed by atoms with van der Waals surface area (Å²) < 4.78 is 12.6. The minimum atomic E-state index is -0.169. The molecule has 1 aromatic heterocycles. The maximum absolute atomic E-state index is 12.5. The van der Waals surface area contributed by atoms with Crippen LogP contribution < -0.4 is 14.8 Å². The number of methoxy groups -OCH3 is 2. The molecule has 0 aliphatic carbocycles. The fourth-order valence-electron chi connectivity index (χ4n) is 3.61. The number of hydrogen-bond acceptors (Lipinski definition) is 4. The van der Waals surface area contributed by atoms with Gasteiger partial charge in [0.2, 0.25) is 5.91 Å². The highest BCUT2D eigenvalue weighted by atomic mass is 35.5. The number of amides is 1. The lowest BCUT2D eigenvalue weighted by atomic mass is 9.86. The molecular formula is C21H20ClN3O3. The Hall–Kier alpha value is -2.99. The van der Waals surface area contributed by atoms with Gasteiger partial charge in [0.1, 0.15) is 17.3 Å². The maximum Gasteiger partial charge on any atom is 0.226 e. The lowest BCUT2D eigenvalue weighted by Gasteiger charge is -2.25. The van der Waals surface area contributed by atoms with Gasteiger partial charge >= 0.3 is 0 Å². The van der Waals surface area contributed by atoms with Gasteiger partial charge in [-0.1, -0.05) is 23.7 Å². The van der Waals surface area contributed by atoms with E-state index in [1.807, 2.05) is 43.3 Å². The van der Waals surface area contributed by atoms with E-state index in [1.54, 1.807) is 25.1 Å². The van der Waals surface area contributed by atoms with Crippen LogP contribution in [0.25, 0.3) is 5.69 Å². The van der Waals surface area contributed by atoms with E-state index in [9.17, 15) is 4.79 Å². The Bertz CT molecular complexity index is 1060. The summed E-state index contributed by atoms with van der Waals surface area (Å²) in [6, 6.07) is 11.3. The molecule has 1 N–H and O–H groups in total. The fourth-order valence-corrected chi connectivity index (χ4v) is 3.78. The molecule has 0 spiro atoms. The lowest BCUT2D eigenvalue weighted by Crippen LogP contribution is -2.25. The number of benzene rings is 2. The molecule has 1 amide bonds. The first kappa shape index (κ1) is 18.4. The molecule has 28 heavy (non-hydrogen) atoms.